The Morgan fingerprint density at radius 1 is 1.03 bits per heavy atom. The third kappa shape index (κ3) is 5.01. The first-order valence-electron chi connectivity index (χ1n) is 10.3. The number of benzene rings is 1. The monoisotopic (exact) mass is 500 g/mol. The molecule has 4 aromatic rings. The van der Waals surface area contributed by atoms with Gasteiger partial charge in [-0.15, -0.1) is 10.2 Å². The molecule has 1 aromatic carbocycles. The molecule has 0 aliphatic carbocycles. The van der Waals surface area contributed by atoms with Crippen molar-refractivity contribution >= 4 is 16.0 Å². The predicted octanol–water partition coefficient (Wildman–Crippen LogP) is 2.04. The Hall–Kier alpha value is -4.20. The smallest absolute Gasteiger partial charge is 0.243 e. The van der Waals surface area contributed by atoms with E-state index in [2.05, 4.69) is 35.1 Å². The zero-order valence-electron chi connectivity index (χ0n) is 19.0. The molecule has 1 atom stereocenters. The van der Waals surface area contributed by atoms with Crippen molar-refractivity contribution in [3.05, 3.63) is 60.7 Å². The molecule has 12 nitrogen and oxygen atoms in total. The Morgan fingerprint density at radius 2 is 1.71 bits per heavy atom. The fourth-order valence-corrected chi connectivity index (χ4v) is 4.22. The molecule has 0 saturated heterocycles. The molecule has 0 aliphatic heterocycles. The van der Waals surface area contributed by atoms with Crippen molar-refractivity contribution in [1.82, 2.24) is 34.9 Å². The number of hydrogen-bond donors (Lipinski definition) is 1. The normalized spacial score (nSPS) is 12.2. The van der Waals surface area contributed by atoms with E-state index in [4.69, 9.17) is 9.47 Å². The predicted molar refractivity (Wildman–Crippen MR) is 123 cm³/mol. The molecule has 0 bridgehead atoms. The summed E-state index contributed by atoms with van der Waals surface area (Å²) in [5, 5.41) is 14.9. The van der Waals surface area contributed by atoms with Crippen LogP contribution in [0.5, 0.6) is 11.5 Å². The summed E-state index contributed by atoms with van der Waals surface area (Å²) in [5.74, 6) is 0.516. The summed E-state index contributed by atoms with van der Waals surface area (Å²) in [5.41, 5.74) is 0.903. The number of ether oxygens (including phenoxy) is 2. The summed E-state index contributed by atoms with van der Waals surface area (Å²) in [6.07, 6.45) is 4.85. The van der Waals surface area contributed by atoms with Crippen molar-refractivity contribution in [2.75, 3.05) is 18.9 Å². The van der Waals surface area contributed by atoms with Gasteiger partial charge < -0.3 is 9.47 Å². The largest absolute Gasteiger partial charge is 0.494 e. The molecular weight excluding hydrogens is 479 g/mol. The highest BCUT2D eigenvalue weighted by Crippen LogP contribution is 2.37. The van der Waals surface area contributed by atoms with Crippen molar-refractivity contribution < 1.29 is 22.3 Å². The Bertz CT molecular complexity index is 1390. The summed E-state index contributed by atoms with van der Waals surface area (Å²) in [4.78, 5) is 7.67. The van der Waals surface area contributed by atoms with E-state index in [1.54, 1.807) is 24.3 Å². The Balaban J connectivity index is 1.79. The van der Waals surface area contributed by atoms with Gasteiger partial charge in [0.15, 0.2) is 11.6 Å². The number of nitrogens with one attached hydrogen (secondary N) is 1. The van der Waals surface area contributed by atoms with Gasteiger partial charge in [-0.3, -0.25) is 9.29 Å². The van der Waals surface area contributed by atoms with Crippen LogP contribution in [0.4, 0.5) is 10.3 Å². The lowest BCUT2D eigenvalue weighted by molar-refractivity contribution is 0.391. The second-order valence-electron chi connectivity index (χ2n) is 7.30. The first kappa shape index (κ1) is 23.9. The molecule has 0 amide bonds. The zero-order valence-corrected chi connectivity index (χ0v) is 19.8. The lowest BCUT2D eigenvalue weighted by Crippen LogP contribution is -2.29. The molecule has 0 radical (unpaired) electrons. The second-order valence-corrected chi connectivity index (χ2v) is 9.40. The molecule has 1 N–H and O–H groups in total. The van der Waals surface area contributed by atoms with Crippen molar-refractivity contribution in [3.63, 3.8) is 0 Å². The van der Waals surface area contributed by atoms with Gasteiger partial charge >= 0.3 is 0 Å². The van der Waals surface area contributed by atoms with E-state index >= 15 is 0 Å². The highest BCUT2D eigenvalue weighted by molar-refractivity contribution is 7.93. The van der Waals surface area contributed by atoms with Crippen LogP contribution in [0.2, 0.25) is 0 Å². The van der Waals surface area contributed by atoms with E-state index in [9.17, 15) is 12.8 Å². The number of para-hydroxylation sites is 1. The van der Waals surface area contributed by atoms with E-state index in [0.717, 1.165) is 12.4 Å². The highest BCUT2D eigenvalue weighted by Gasteiger charge is 2.28. The Kier molecular flexibility index (Phi) is 6.82. The van der Waals surface area contributed by atoms with Gasteiger partial charge in [0.05, 0.1) is 44.3 Å². The minimum Gasteiger partial charge on any atom is -0.494 e. The quantitative estimate of drug-likeness (QED) is 0.362. The Labute approximate surface area is 200 Å². The van der Waals surface area contributed by atoms with Gasteiger partial charge in [-0.1, -0.05) is 6.07 Å². The minimum absolute atomic E-state index is 0.0527. The van der Waals surface area contributed by atoms with Crippen LogP contribution in [0.25, 0.3) is 17.1 Å². The summed E-state index contributed by atoms with van der Waals surface area (Å²) in [7, 11) is -1.06. The van der Waals surface area contributed by atoms with Gasteiger partial charge in [-0.2, -0.15) is 10.2 Å². The summed E-state index contributed by atoms with van der Waals surface area (Å²) < 4.78 is 54.5. The van der Waals surface area contributed by atoms with Gasteiger partial charge in [0.25, 0.3) is 0 Å². The number of nitrogens with zero attached hydrogens (tertiary/aromatic N) is 7. The third-order valence-electron chi connectivity index (χ3n) is 5.04. The first-order valence-corrected chi connectivity index (χ1v) is 11.8. The molecule has 0 aliphatic rings. The van der Waals surface area contributed by atoms with Crippen LogP contribution < -0.4 is 14.2 Å². The minimum atomic E-state index is -4.02. The average molecular weight is 501 g/mol. The van der Waals surface area contributed by atoms with Crippen LogP contribution in [-0.2, 0) is 16.4 Å². The third-order valence-corrected chi connectivity index (χ3v) is 6.73. The average Bonchev–Trinajstić information content (AvgIpc) is 3.27. The van der Waals surface area contributed by atoms with Crippen LogP contribution in [0.3, 0.4) is 0 Å². The summed E-state index contributed by atoms with van der Waals surface area (Å²) in [6, 6.07) is 6.77. The maximum Gasteiger partial charge on any atom is 0.243 e. The van der Waals surface area contributed by atoms with Crippen molar-refractivity contribution in [2.45, 2.75) is 18.6 Å². The summed E-state index contributed by atoms with van der Waals surface area (Å²) >= 11 is 0. The molecule has 0 spiro atoms. The van der Waals surface area contributed by atoms with Gasteiger partial charge in [0, 0.05) is 12.0 Å². The number of hydrogen-bond acceptors (Lipinski definition) is 10. The molecule has 0 fully saturated rings. The van der Waals surface area contributed by atoms with Crippen LogP contribution in [0.1, 0.15) is 12.7 Å². The topological polar surface area (TPSA) is 147 Å². The number of sulfonamides is 1. The number of halogens is 1. The molecule has 3 heterocycles. The first-order chi connectivity index (χ1) is 16.8. The number of aromatic nitrogens is 7. The number of methoxy groups -OCH3 is 2. The molecular formula is C21H21FN8O4S. The maximum atomic E-state index is 13.2. The van der Waals surface area contributed by atoms with E-state index < -0.39 is 21.1 Å². The van der Waals surface area contributed by atoms with E-state index in [1.165, 1.54) is 38.1 Å². The van der Waals surface area contributed by atoms with E-state index in [1.807, 2.05) is 0 Å². The van der Waals surface area contributed by atoms with Crippen molar-refractivity contribution in [1.29, 1.82) is 0 Å². The molecule has 0 saturated carbocycles. The van der Waals surface area contributed by atoms with Crippen molar-refractivity contribution in [2.24, 2.45) is 0 Å². The molecule has 1 unspecified atom stereocenters. The van der Waals surface area contributed by atoms with Crippen LogP contribution in [0.15, 0.2) is 49.1 Å². The molecule has 35 heavy (non-hydrogen) atoms. The van der Waals surface area contributed by atoms with Crippen LogP contribution in [0, 0.1) is 5.82 Å². The van der Waals surface area contributed by atoms with Gasteiger partial charge in [0.2, 0.25) is 16.0 Å². The molecule has 14 heteroatoms. The summed E-state index contributed by atoms with van der Waals surface area (Å²) in [6.45, 7) is 1.48. The number of rotatable bonds is 9. The van der Waals surface area contributed by atoms with Gasteiger partial charge in [-0.25, -0.2) is 22.8 Å². The van der Waals surface area contributed by atoms with Gasteiger partial charge in [-0.05, 0) is 25.1 Å². The lowest BCUT2D eigenvalue weighted by atomic mass is 10.2. The SMILES string of the molecule is COc1cccc(OC)c1-n1c(NS(=O)(=O)C(C)Cc2ncc(F)cn2)nnc1-c1ccnnc1. The fraction of sp³-hybridized carbons (Fsp3) is 0.238. The van der Waals surface area contributed by atoms with Crippen molar-refractivity contribution in [3.8, 4) is 28.6 Å². The molecule has 3 aromatic heterocycles. The lowest BCUT2D eigenvalue weighted by Gasteiger charge is -2.18. The maximum absolute atomic E-state index is 13.2. The standard InChI is InChI=1S/C21H21FN8O4S/c1-13(9-18-23-11-15(22)12-24-18)35(31,32)29-21-28-27-20(14-7-8-25-26-10-14)30(21)19-16(33-2)5-4-6-17(19)34-3/h4-8,10-13H,9H2,1-3H3,(H,28,29). The van der Waals surface area contributed by atoms with Gasteiger partial charge in [0.1, 0.15) is 23.0 Å². The highest BCUT2D eigenvalue weighted by atomic mass is 32.2. The number of anilines is 1. The zero-order chi connectivity index (χ0) is 25.0. The fourth-order valence-electron chi connectivity index (χ4n) is 3.26. The van der Waals surface area contributed by atoms with E-state index in [0.29, 0.717) is 22.7 Å². The molecule has 4 rings (SSSR count). The van der Waals surface area contributed by atoms with Crippen LogP contribution in [-0.4, -0.2) is 62.8 Å². The molecule has 182 valence electrons. The Morgan fingerprint density at radius 3 is 2.31 bits per heavy atom. The second kappa shape index (κ2) is 9.97. The van der Waals surface area contributed by atoms with Crippen LogP contribution >= 0.6 is 0 Å². The van der Waals surface area contributed by atoms with E-state index in [-0.39, 0.29) is 24.0 Å².